The monoisotopic (exact) mass is 858 g/mol. The third kappa shape index (κ3) is 11.0. The van der Waals surface area contributed by atoms with Gasteiger partial charge in [0.2, 0.25) is 12.3 Å². The van der Waals surface area contributed by atoms with Crippen LogP contribution in [0.4, 0.5) is 9.18 Å². The number of halogens is 1. The summed E-state index contributed by atoms with van der Waals surface area (Å²) in [6.07, 6.45) is 5.09. The Morgan fingerprint density at radius 2 is 1.38 bits per heavy atom. The van der Waals surface area contributed by atoms with Crippen molar-refractivity contribution < 1.29 is 33.0 Å². The largest absolute Gasteiger partial charge is 0.453 e. The summed E-state index contributed by atoms with van der Waals surface area (Å²) in [5.41, 5.74) is 6.16. The second-order valence-corrected chi connectivity index (χ2v) is 15.4. The highest BCUT2D eigenvalue weighted by atomic mass is 19.1. The van der Waals surface area contributed by atoms with Crippen molar-refractivity contribution in [1.29, 1.82) is 0 Å². The van der Waals surface area contributed by atoms with Crippen molar-refractivity contribution in [3.05, 3.63) is 121 Å². The van der Waals surface area contributed by atoms with Crippen molar-refractivity contribution in [2.24, 2.45) is 0 Å². The number of hydrogen-bond acceptors (Lipinski definition) is 8. The first-order valence-corrected chi connectivity index (χ1v) is 21.1. The van der Waals surface area contributed by atoms with E-state index in [0.29, 0.717) is 30.2 Å². The van der Waals surface area contributed by atoms with Crippen LogP contribution in [0.2, 0.25) is 0 Å². The van der Waals surface area contributed by atoms with Gasteiger partial charge in [-0.1, -0.05) is 99.1 Å². The van der Waals surface area contributed by atoms with Crippen LogP contribution in [0.15, 0.2) is 103 Å². The predicted molar refractivity (Wildman–Crippen MR) is 240 cm³/mol. The van der Waals surface area contributed by atoms with Crippen LogP contribution in [0.25, 0.3) is 44.4 Å². The molecule has 4 amide bonds. The third-order valence-corrected chi connectivity index (χ3v) is 10.8. The van der Waals surface area contributed by atoms with Gasteiger partial charge in [-0.15, -0.1) is 0 Å². The smallest absolute Gasteiger partial charge is 0.407 e. The summed E-state index contributed by atoms with van der Waals surface area (Å²) in [6, 6.07) is 27.8. The number of alkyl halides is 1. The summed E-state index contributed by atoms with van der Waals surface area (Å²) in [7, 11) is 4.51. The summed E-state index contributed by atoms with van der Waals surface area (Å²) >= 11 is 0. The molecule has 0 radical (unpaired) electrons. The van der Waals surface area contributed by atoms with Crippen LogP contribution >= 0.6 is 0 Å². The Morgan fingerprint density at radius 1 is 0.810 bits per heavy atom. The van der Waals surface area contributed by atoms with Gasteiger partial charge in [0.1, 0.15) is 30.4 Å². The molecule has 14 nitrogen and oxygen atoms in total. The number of amides is 4. The second-order valence-electron chi connectivity index (χ2n) is 15.4. The molecule has 8 rings (SSSR count). The zero-order chi connectivity index (χ0) is 44.9. The molecule has 2 aliphatic heterocycles. The molecule has 4 aromatic carbocycles. The standard InChI is InChI=1S/C43H41FN8O5.C3H8.C2H6O/c1-57-43(56)47-23-38(54)51-17-5-8-36(51)40-45-22-35(50-40)32-16-15-30-18-29(13-14-31(30)19-32)26-9-11-27(12-10-26)34-21-46-41(49-34)37-20-33(44)24-52(37)42(55)39(48-25-53)28-6-3-2-4-7-28;2*1-3-2/h2-4,6-7,9-16,18-19,21-22,25,33,36-37,39H,5,8,17,20,23-24H2,1H3,(H,45,50)(H,46,49)(H,47,56)(H,48,53);3H2,1-2H3;1-2H3. The number of rotatable bonds is 11. The van der Waals surface area contributed by atoms with Crippen molar-refractivity contribution in [1.82, 2.24) is 40.4 Å². The van der Waals surface area contributed by atoms with Gasteiger partial charge in [-0.05, 0) is 58.0 Å². The lowest BCUT2D eigenvalue weighted by Crippen LogP contribution is -2.41. The molecule has 4 N–H and O–H groups in total. The SMILES string of the molecule is CCC.COC.COC(=O)NCC(=O)N1CCCC1c1ncc(-c2ccc3cc(-c4ccc(-c5cnc(C6CC(F)CN6C(=O)C(NC=O)c6ccccc6)[nH]5)cc4)ccc3c2)[nH]1. The predicted octanol–water partition coefficient (Wildman–Crippen LogP) is 8.08. The van der Waals surface area contributed by atoms with Crippen molar-refractivity contribution in [2.45, 2.75) is 63.8 Å². The number of imidazole rings is 2. The van der Waals surface area contributed by atoms with E-state index >= 15 is 0 Å². The number of fused-ring (bicyclic) bond motifs is 1. The molecule has 63 heavy (non-hydrogen) atoms. The van der Waals surface area contributed by atoms with Gasteiger partial charge in [-0.25, -0.2) is 19.2 Å². The van der Waals surface area contributed by atoms with E-state index in [2.05, 4.69) is 84.2 Å². The maximum atomic E-state index is 14.8. The lowest BCUT2D eigenvalue weighted by Gasteiger charge is -2.27. The normalized spacial score (nSPS) is 17.2. The highest BCUT2D eigenvalue weighted by Gasteiger charge is 2.41. The van der Waals surface area contributed by atoms with Crippen molar-refractivity contribution >= 4 is 35.1 Å². The third-order valence-electron chi connectivity index (χ3n) is 10.8. The molecule has 2 saturated heterocycles. The Balaban J connectivity index is 0.00000104. The quantitative estimate of drug-likeness (QED) is 0.0947. The molecule has 6 aromatic rings. The highest BCUT2D eigenvalue weighted by Crippen LogP contribution is 2.37. The lowest BCUT2D eigenvalue weighted by molar-refractivity contribution is -0.136. The number of carbonyl (C=O) groups excluding carboxylic acids is 4. The first-order chi connectivity index (χ1) is 30.6. The Labute approximate surface area is 366 Å². The molecule has 0 spiro atoms. The topological polar surface area (TPSA) is 175 Å². The number of ether oxygens (including phenoxy) is 2. The average Bonchev–Trinajstić information content (AvgIpc) is 4.15. The average molecular weight is 859 g/mol. The van der Waals surface area contributed by atoms with Gasteiger partial charge in [-0.2, -0.15) is 0 Å². The zero-order valence-electron chi connectivity index (χ0n) is 36.3. The molecule has 0 bridgehead atoms. The van der Waals surface area contributed by atoms with Crippen LogP contribution in [0.5, 0.6) is 0 Å². The number of aromatic nitrogens is 4. The Kier molecular flexibility index (Phi) is 15.8. The fourth-order valence-corrected chi connectivity index (χ4v) is 7.89. The summed E-state index contributed by atoms with van der Waals surface area (Å²) < 4.78 is 23.7. The van der Waals surface area contributed by atoms with E-state index in [4.69, 9.17) is 0 Å². The van der Waals surface area contributed by atoms with Gasteiger partial charge in [-0.3, -0.25) is 14.4 Å². The summed E-state index contributed by atoms with van der Waals surface area (Å²) in [4.78, 5) is 68.5. The number of nitrogens with one attached hydrogen (secondary N) is 4. The molecule has 15 heteroatoms. The molecule has 330 valence electrons. The first kappa shape index (κ1) is 45.7. The van der Waals surface area contributed by atoms with Gasteiger partial charge in [0.25, 0.3) is 5.91 Å². The van der Waals surface area contributed by atoms with Gasteiger partial charge in [0, 0.05) is 32.7 Å². The van der Waals surface area contributed by atoms with Gasteiger partial charge in [0.05, 0.1) is 49.5 Å². The molecule has 0 aliphatic carbocycles. The van der Waals surface area contributed by atoms with Crippen LogP contribution in [0, 0.1) is 0 Å². The number of aromatic amines is 2. The summed E-state index contributed by atoms with van der Waals surface area (Å²) in [5, 5.41) is 7.20. The van der Waals surface area contributed by atoms with Crippen molar-refractivity contribution in [3.8, 4) is 33.6 Å². The molecule has 0 saturated carbocycles. The second kappa shape index (κ2) is 21.8. The van der Waals surface area contributed by atoms with E-state index in [1.54, 1.807) is 55.8 Å². The van der Waals surface area contributed by atoms with Crippen LogP contribution in [0.1, 0.15) is 74.9 Å². The minimum Gasteiger partial charge on any atom is -0.453 e. The molecule has 2 aliphatic rings. The first-order valence-electron chi connectivity index (χ1n) is 21.1. The van der Waals surface area contributed by atoms with Crippen LogP contribution < -0.4 is 10.6 Å². The van der Waals surface area contributed by atoms with Crippen LogP contribution in [-0.2, 0) is 23.9 Å². The molecule has 2 aromatic heterocycles. The van der Waals surface area contributed by atoms with E-state index in [1.165, 1.54) is 18.4 Å². The molecule has 4 atom stereocenters. The lowest BCUT2D eigenvalue weighted by atomic mass is 9.98. The summed E-state index contributed by atoms with van der Waals surface area (Å²) in [5.74, 6) is 0.622. The zero-order valence-corrected chi connectivity index (χ0v) is 36.3. The maximum absolute atomic E-state index is 14.8. The number of likely N-dealkylation sites (tertiary alicyclic amines) is 2. The van der Waals surface area contributed by atoms with Gasteiger partial charge < -0.3 is 39.9 Å². The van der Waals surface area contributed by atoms with E-state index < -0.39 is 30.3 Å². The van der Waals surface area contributed by atoms with Gasteiger partial charge >= 0.3 is 6.09 Å². The van der Waals surface area contributed by atoms with Crippen LogP contribution in [-0.4, -0.2) is 101 Å². The Morgan fingerprint density at radius 3 is 2.02 bits per heavy atom. The highest BCUT2D eigenvalue weighted by molar-refractivity contribution is 5.91. The fourth-order valence-electron chi connectivity index (χ4n) is 7.89. The number of carbonyl (C=O) groups is 4. The number of methoxy groups -OCH3 is 2. The van der Waals surface area contributed by atoms with Crippen molar-refractivity contribution in [2.75, 3.05) is 41.0 Å². The number of alkyl carbamates (subject to hydrolysis) is 1. The van der Waals surface area contributed by atoms with Crippen molar-refractivity contribution in [3.63, 3.8) is 0 Å². The van der Waals surface area contributed by atoms with Gasteiger partial charge in [0.15, 0.2) is 0 Å². The van der Waals surface area contributed by atoms with E-state index in [9.17, 15) is 23.6 Å². The molecular formula is C48H55FN8O6. The van der Waals surface area contributed by atoms with Crippen LogP contribution in [0.3, 0.4) is 0 Å². The molecule has 4 heterocycles. The number of hydrogen-bond donors (Lipinski definition) is 4. The van der Waals surface area contributed by atoms with E-state index in [-0.39, 0.29) is 31.5 Å². The Bertz CT molecular complexity index is 2450. The number of benzene rings is 4. The summed E-state index contributed by atoms with van der Waals surface area (Å²) in [6.45, 7) is 4.63. The molecular weight excluding hydrogens is 804 g/mol. The number of H-pyrrole nitrogens is 2. The maximum Gasteiger partial charge on any atom is 0.407 e. The van der Waals surface area contributed by atoms with E-state index in [1.807, 2.05) is 36.4 Å². The minimum absolute atomic E-state index is 0.0855. The molecule has 4 unspecified atom stereocenters. The number of nitrogens with zero attached hydrogens (tertiary/aromatic N) is 4. The molecule has 2 fully saturated rings. The fraction of sp³-hybridized carbons (Fsp3) is 0.333. The van der Waals surface area contributed by atoms with E-state index in [0.717, 1.165) is 57.3 Å². The minimum atomic E-state index is -1.22. The Hall–Kier alpha value is -6.87.